The van der Waals surface area contributed by atoms with Crippen LogP contribution in [0.3, 0.4) is 0 Å². The van der Waals surface area contributed by atoms with Gasteiger partial charge in [0.15, 0.2) is 11.9 Å². The third-order valence-electron chi connectivity index (χ3n) is 3.56. The molecule has 2 heterocycles. The van der Waals surface area contributed by atoms with Crippen molar-refractivity contribution in [2.75, 3.05) is 25.8 Å². The number of hydrogen-bond acceptors (Lipinski definition) is 12. The maximum atomic E-state index is 12.4. The molecule has 1 saturated heterocycles. The van der Waals surface area contributed by atoms with Crippen LogP contribution in [0.25, 0.3) is 0 Å². The Morgan fingerprint density at radius 1 is 1.44 bits per heavy atom. The zero-order valence-electron chi connectivity index (χ0n) is 13.0. The molecular weight excluding hydrogens is 342 g/mol. The van der Waals surface area contributed by atoms with Crippen molar-refractivity contribution in [1.29, 1.82) is 5.41 Å². The number of carbonyl (C=O) groups excluding carboxylic acids is 1. The van der Waals surface area contributed by atoms with Gasteiger partial charge in [-0.1, -0.05) is 5.21 Å². The van der Waals surface area contributed by atoms with E-state index in [9.17, 15) is 25.0 Å². The quantitative estimate of drug-likeness (QED) is 0.210. The molecule has 0 radical (unpaired) electrons. The number of Topliss-reactive ketones (excluding diaryl/α,β-unsaturated/α-hetero) is 1. The highest BCUT2D eigenvalue weighted by atomic mass is 16.6. The number of anilines is 1. The summed E-state index contributed by atoms with van der Waals surface area (Å²) in [6.07, 6.45) is -5.72. The molecule has 0 bridgehead atoms. The number of rotatable bonds is 7. The lowest BCUT2D eigenvalue weighted by Gasteiger charge is -2.17. The molecule has 138 valence electrons. The zero-order valence-corrected chi connectivity index (χ0v) is 13.0. The molecule has 13 heteroatoms. The molecule has 1 fully saturated rings. The Kier molecular flexibility index (Phi) is 5.89. The molecule has 0 aromatic carbocycles. The summed E-state index contributed by atoms with van der Waals surface area (Å²) in [5.74, 6) is -0.807. The molecule has 13 nitrogen and oxygen atoms in total. The third-order valence-corrected chi connectivity index (χ3v) is 3.56. The molecule has 0 saturated carbocycles. The van der Waals surface area contributed by atoms with Crippen molar-refractivity contribution in [3.05, 3.63) is 16.0 Å². The minimum absolute atomic E-state index is 0.441. The summed E-state index contributed by atoms with van der Waals surface area (Å²) in [5.41, 5.74) is -1.44. The van der Waals surface area contributed by atoms with E-state index in [0.717, 1.165) is 0 Å². The molecule has 1 aromatic heterocycles. The normalized spacial score (nSPS) is 25.8. The van der Waals surface area contributed by atoms with Crippen LogP contribution in [0.4, 0.5) is 5.69 Å². The van der Waals surface area contributed by atoms with Crippen molar-refractivity contribution < 1.29 is 34.8 Å². The fraction of sp³-hybridized carbons (Fsp3) is 0.583. The second kappa shape index (κ2) is 7.73. The van der Waals surface area contributed by atoms with Gasteiger partial charge in [0.2, 0.25) is 5.78 Å². The van der Waals surface area contributed by atoms with Crippen LogP contribution in [0.5, 0.6) is 0 Å². The van der Waals surface area contributed by atoms with Crippen LogP contribution in [-0.4, -0.2) is 85.7 Å². The van der Waals surface area contributed by atoms with E-state index in [0.29, 0.717) is 4.68 Å². The Balaban J connectivity index is 2.43. The first-order valence-electron chi connectivity index (χ1n) is 7.00. The number of aliphatic hydroxyl groups excluding tert-OH is 3. The van der Waals surface area contributed by atoms with Crippen molar-refractivity contribution in [3.63, 3.8) is 0 Å². The summed E-state index contributed by atoms with van der Waals surface area (Å²) in [5, 5.41) is 52.6. The highest BCUT2D eigenvalue weighted by Gasteiger charge is 2.45. The summed E-state index contributed by atoms with van der Waals surface area (Å²) < 4.78 is 10.3. The summed E-state index contributed by atoms with van der Waals surface area (Å²) in [4.78, 5) is 24.1. The number of ether oxygens (including phenoxy) is 2. The average molecular weight is 359 g/mol. The smallest absolute Gasteiger partial charge is 0.298 e. The predicted octanol–water partition coefficient (Wildman–Crippen LogP) is -3.37. The first kappa shape index (κ1) is 19.0. The van der Waals surface area contributed by atoms with E-state index in [1.807, 2.05) is 0 Å². The van der Waals surface area contributed by atoms with Gasteiger partial charge in [0.25, 0.3) is 5.56 Å². The fourth-order valence-electron chi connectivity index (χ4n) is 2.26. The van der Waals surface area contributed by atoms with Crippen LogP contribution in [0.2, 0.25) is 0 Å². The van der Waals surface area contributed by atoms with Crippen LogP contribution in [0, 0.1) is 5.41 Å². The monoisotopic (exact) mass is 359 g/mol. The zero-order chi connectivity index (χ0) is 18.7. The second-order valence-electron chi connectivity index (χ2n) is 5.13. The van der Waals surface area contributed by atoms with E-state index >= 15 is 0 Å². The lowest BCUT2D eigenvalue weighted by atomic mass is 10.1. The van der Waals surface area contributed by atoms with Gasteiger partial charge in [-0.3, -0.25) is 25.7 Å². The van der Waals surface area contributed by atoms with E-state index in [1.54, 1.807) is 0 Å². The van der Waals surface area contributed by atoms with Gasteiger partial charge in [0.05, 0.1) is 6.61 Å². The van der Waals surface area contributed by atoms with Gasteiger partial charge in [-0.25, -0.2) is 0 Å². The number of hydrogen-bond donors (Lipinski definition) is 6. The summed E-state index contributed by atoms with van der Waals surface area (Å²) in [6, 6.07) is 0. The second-order valence-corrected chi connectivity index (χ2v) is 5.13. The van der Waals surface area contributed by atoms with E-state index in [-0.39, 0.29) is 0 Å². The van der Waals surface area contributed by atoms with Crippen LogP contribution in [-0.2, 0) is 14.3 Å². The molecule has 0 spiro atoms. The molecule has 6 N–H and O–H groups in total. The van der Waals surface area contributed by atoms with Gasteiger partial charge in [-0.2, -0.15) is 4.68 Å². The number of nitrogens with zero attached hydrogens (tertiary/aromatic N) is 3. The Bertz CT molecular complexity index is 722. The van der Waals surface area contributed by atoms with Crippen molar-refractivity contribution >= 4 is 17.2 Å². The number of methoxy groups -OCH3 is 1. The maximum absolute atomic E-state index is 12.4. The van der Waals surface area contributed by atoms with Gasteiger partial charge in [-0.15, -0.1) is 5.10 Å². The van der Waals surface area contributed by atoms with E-state index in [4.69, 9.17) is 15.3 Å². The van der Waals surface area contributed by atoms with E-state index in [2.05, 4.69) is 15.0 Å². The Hall–Kier alpha value is -2.29. The van der Waals surface area contributed by atoms with Crippen molar-refractivity contribution in [2.45, 2.75) is 24.5 Å². The SMILES string of the molecule is COCC(=O)C(=N)c1nnn(C2OC(CO)C(O)C2O)c(=O)c1NO. The molecule has 4 atom stereocenters. The summed E-state index contributed by atoms with van der Waals surface area (Å²) >= 11 is 0. The van der Waals surface area contributed by atoms with Gasteiger partial charge in [-0.05, 0) is 0 Å². The number of carbonyl (C=O) groups is 1. The van der Waals surface area contributed by atoms with Crippen molar-refractivity contribution in [2.24, 2.45) is 0 Å². The minimum atomic E-state index is -1.60. The molecule has 1 aliphatic rings. The largest absolute Gasteiger partial charge is 0.394 e. The molecule has 0 aliphatic carbocycles. The Morgan fingerprint density at radius 2 is 2.12 bits per heavy atom. The van der Waals surface area contributed by atoms with Gasteiger partial charge in [0, 0.05) is 7.11 Å². The lowest BCUT2D eigenvalue weighted by Crippen LogP contribution is -2.39. The Labute approximate surface area is 139 Å². The first-order valence-corrected chi connectivity index (χ1v) is 7.00. The van der Waals surface area contributed by atoms with Crippen LogP contribution < -0.4 is 11.0 Å². The molecule has 0 amide bonds. The first-order chi connectivity index (χ1) is 11.9. The lowest BCUT2D eigenvalue weighted by molar-refractivity contribution is -0.116. The van der Waals surface area contributed by atoms with Crippen LogP contribution >= 0.6 is 0 Å². The van der Waals surface area contributed by atoms with Crippen molar-refractivity contribution in [1.82, 2.24) is 15.0 Å². The van der Waals surface area contributed by atoms with E-state index in [1.165, 1.54) is 12.6 Å². The topological polar surface area (TPSA) is 200 Å². The molecule has 25 heavy (non-hydrogen) atoms. The number of aliphatic hydroxyl groups is 3. The molecule has 1 aromatic rings. The van der Waals surface area contributed by atoms with Gasteiger partial charge >= 0.3 is 0 Å². The number of nitrogens with one attached hydrogen (secondary N) is 2. The number of ketones is 1. The van der Waals surface area contributed by atoms with E-state index < -0.39 is 66.2 Å². The molecule has 2 rings (SSSR count). The minimum Gasteiger partial charge on any atom is -0.394 e. The Morgan fingerprint density at radius 3 is 2.64 bits per heavy atom. The van der Waals surface area contributed by atoms with Crippen molar-refractivity contribution in [3.8, 4) is 0 Å². The summed E-state index contributed by atoms with van der Waals surface area (Å²) in [6.45, 7) is -1.06. The van der Waals surface area contributed by atoms with Crippen LogP contribution in [0.1, 0.15) is 11.9 Å². The number of aromatic nitrogens is 3. The highest BCUT2D eigenvalue weighted by molar-refractivity contribution is 6.45. The van der Waals surface area contributed by atoms with Gasteiger partial charge < -0.3 is 24.8 Å². The maximum Gasteiger partial charge on any atom is 0.298 e. The molecule has 4 unspecified atom stereocenters. The van der Waals surface area contributed by atoms with Gasteiger partial charge in [0.1, 0.15) is 36.3 Å². The third kappa shape index (κ3) is 3.41. The average Bonchev–Trinajstić information content (AvgIpc) is 2.89. The highest BCUT2D eigenvalue weighted by Crippen LogP contribution is 2.27. The molecular formula is C12H17N5O8. The predicted molar refractivity (Wildman–Crippen MR) is 78.4 cm³/mol. The summed E-state index contributed by atoms with van der Waals surface area (Å²) in [7, 11) is 1.24. The van der Waals surface area contributed by atoms with Crippen LogP contribution in [0.15, 0.2) is 4.79 Å². The fourth-order valence-corrected chi connectivity index (χ4v) is 2.26. The molecule has 1 aliphatic heterocycles. The standard InChI is InChI=1S/C12H17N5O8/c1-24-3-4(19)6(13)7-8(15-23)11(22)17(16-14-7)12-10(21)9(20)5(2-18)25-12/h5,9-10,12-13,15,18,20-21,23H,2-3H2,1H3.